The Hall–Kier alpha value is -1.75. The van der Waals surface area contributed by atoms with Crippen LogP contribution in [0, 0.1) is 11.8 Å². The Bertz CT molecular complexity index is 1560. The lowest BCUT2D eigenvalue weighted by Gasteiger charge is -2.15. The largest absolute Gasteiger partial charge is 0.310 e. The van der Waals surface area contributed by atoms with Crippen LogP contribution in [0.3, 0.4) is 0 Å². The van der Waals surface area contributed by atoms with E-state index in [1.807, 2.05) is 12.4 Å². The fourth-order valence-corrected chi connectivity index (χ4v) is 8.89. The van der Waals surface area contributed by atoms with Crippen LogP contribution in [0.4, 0.5) is 0 Å². The number of sulfonamides is 2. The quantitative estimate of drug-likeness (QED) is 0.251. The van der Waals surface area contributed by atoms with E-state index < -0.39 is 20.0 Å². The zero-order chi connectivity index (χ0) is 32.8. The molecule has 0 saturated carbocycles. The maximum absolute atomic E-state index is 12.4. The molecule has 242 valence electrons. The van der Waals surface area contributed by atoms with Crippen LogP contribution in [0.5, 0.6) is 0 Å². The summed E-state index contributed by atoms with van der Waals surface area (Å²) in [7, 11) is -7.54. The van der Waals surface area contributed by atoms with E-state index in [0.717, 1.165) is 13.0 Å². The molecule has 2 unspecified atom stereocenters. The van der Waals surface area contributed by atoms with E-state index >= 15 is 0 Å². The molecule has 0 radical (unpaired) electrons. The molecule has 0 aromatic heterocycles. The predicted molar refractivity (Wildman–Crippen MR) is 192 cm³/mol. The summed E-state index contributed by atoms with van der Waals surface area (Å²) < 4.78 is 56.6. The Balaban J connectivity index is 0.000000258. The number of rotatable bonds is 6. The van der Waals surface area contributed by atoms with E-state index in [1.54, 1.807) is 48.0 Å². The van der Waals surface area contributed by atoms with Gasteiger partial charge in [0.25, 0.3) is 20.0 Å². The maximum Gasteiger partial charge on any atom is 0.286 e. The average Bonchev–Trinajstić information content (AvgIpc) is 3.72. The van der Waals surface area contributed by atoms with Crippen molar-refractivity contribution in [2.45, 2.75) is 36.5 Å². The van der Waals surface area contributed by atoms with Crippen molar-refractivity contribution in [3.8, 4) is 0 Å². The smallest absolute Gasteiger partial charge is 0.286 e. The molecule has 17 heteroatoms. The maximum atomic E-state index is 12.4. The van der Waals surface area contributed by atoms with E-state index in [-0.39, 0.29) is 19.8 Å². The molecule has 2 aromatic carbocycles. The van der Waals surface area contributed by atoms with E-state index in [0.29, 0.717) is 27.9 Å². The molecule has 2 atom stereocenters. The highest BCUT2D eigenvalue weighted by molar-refractivity contribution is 8.38. The molecule has 2 aliphatic heterocycles. The lowest BCUT2D eigenvalue weighted by molar-refractivity contribution is 0.448. The van der Waals surface area contributed by atoms with Crippen molar-refractivity contribution < 1.29 is 16.8 Å². The third-order valence-corrected chi connectivity index (χ3v) is 12.4. The summed E-state index contributed by atoms with van der Waals surface area (Å²) in [6.07, 6.45) is 11.3. The molecule has 1 N–H and O–H groups in total. The molecule has 0 saturated heterocycles. The highest BCUT2D eigenvalue weighted by Gasteiger charge is 2.24. The Morgan fingerprint density at radius 2 is 1.36 bits per heavy atom. The van der Waals surface area contributed by atoms with Gasteiger partial charge in [0.15, 0.2) is 5.17 Å². The number of thioether (sulfide) groups is 3. The van der Waals surface area contributed by atoms with Crippen molar-refractivity contribution in [2.24, 2.45) is 30.8 Å². The first kappa shape index (κ1) is 38.4. The van der Waals surface area contributed by atoms with E-state index in [4.69, 9.17) is 23.2 Å². The van der Waals surface area contributed by atoms with E-state index in [1.165, 1.54) is 66.0 Å². The molecule has 2 aromatic rings. The summed E-state index contributed by atoms with van der Waals surface area (Å²) in [4.78, 5) is 0.0469. The summed E-state index contributed by atoms with van der Waals surface area (Å²) in [6, 6.07) is 12.5. The Kier molecular flexibility index (Phi) is 16.6. The number of hydrazone groups is 2. The summed E-state index contributed by atoms with van der Waals surface area (Å²) >= 11 is 15.6. The number of benzene rings is 2. The standard InChI is InChI=1S/C13H16ClN3O2S2.C9H10ClNO2S3.C5H10N2/c1-3-10-8-15-17(9-10)13(20-2)16-21(18,19)12-7-5-4-6-11(12)14;1-14-9(15-2)11-16(12,13)8-6-4-3-5-7(8)10;1-2-5-3-6-7-4-5/h4-8,10H,3,9H2,1-2H3;3-6H,1-2H3;3,5,7H,2,4H2,1H3. The van der Waals surface area contributed by atoms with Gasteiger partial charge in [-0.3, -0.25) is 0 Å². The zero-order valence-corrected chi connectivity index (χ0v) is 30.5. The molecule has 0 fully saturated rings. The Morgan fingerprint density at radius 1 is 0.841 bits per heavy atom. The van der Waals surface area contributed by atoms with Crippen LogP contribution >= 0.6 is 58.5 Å². The normalized spacial score (nSPS) is 17.7. The van der Waals surface area contributed by atoms with Crippen LogP contribution in [-0.2, 0) is 20.0 Å². The SMILES string of the molecule is CCC1C=NN(C(=NS(=O)(=O)c2ccccc2Cl)SC)C1.CCC1C=NNC1.CSC(=NS(=O)(=O)c1ccccc1Cl)SC. The van der Waals surface area contributed by atoms with Gasteiger partial charge in [0, 0.05) is 30.8 Å². The van der Waals surface area contributed by atoms with Gasteiger partial charge in [-0.1, -0.05) is 73.1 Å². The highest BCUT2D eigenvalue weighted by atomic mass is 35.5. The molecule has 0 aliphatic carbocycles. The van der Waals surface area contributed by atoms with Gasteiger partial charge in [-0.2, -0.15) is 27.0 Å². The van der Waals surface area contributed by atoms with Gasteiger partial charge in [0.2, 0.25) is 0 Å². The average molecular weight is 740 g/mol. The first-order chi connectivity index (χ1) is 20.9. The summed E-state index contributed by atoms with van der Waals surface area (Å²) in [6.45, 7) is 5.92. The van der Waals surface area contributed by atoms with Gasteiger partial charge < -0.3 is 5.43 Å². The molecule has 44 heavy (non-hydrogen) atoms. The van der Waals surface area contributed by atoms with Gasteiger partial charge in [-0.25, -0.2) is 5.01 Å². The summed E-state index contributed by atoms with van der Waals surface area (Å²) in [5.41, 5.74) is 2.89. The van der Waals surface area contributed by atoms with Crippen LogP contribution < -0.4 is 5.43 Å². The molecule has 2 aliphatic rings. The predicted octanol–water partition coefficient (Wildman–Crippen LogP) is 6.79. The first-order valence-electron chi connectivity index (χ1n) is 13.3. The van der Waals surface area contributed by atoms with Crippen molar-refractivity contribution in [1.82, 2.24) is 10.4 Å². The number of nitrogens with one attached hydrogen (secondary N) is 1. The fraction of sp³-hybridized carbons (Fsp3) is 0.407. The molecule has 4 rings (SSSR count). The Morgan fingerprint density at radius 3 is 1.75 bits per heavy atom. The minimum absolute atomic E-state index is 0.00781. The lowest BCUT2D eigenvalue weighted by atomic mass is 10.1. The lowest BCUT2D eigenvalue weighted by Crippen LogP contribution is -2.24. The molecule has 0 bridgehead atoms. The number of nitrogens with zero attached hydrogens (tertiary/aromatic N) is 5. The molecule has 0 spiro atoms. The molecule has 2 heterocycles. The van der Waals surface area contributed by atoms with Crippen LogP contribution in [0.2, 0.25) is 10.0 Å². The van der Waals surface area contributed by atoms with Crippen molar-refractivity contribution in [3.63, 3.8) is 0 Å². The topological polar surface area (TPSA) is 133 Å². The van der Waals surface area contributed by atoms with Crippen LogP contribution in [0.25, 0.3) is 0 Å². The second kappa shape index (κ2) is 19.0. The van der Waals surface area contributed by atoms with Gasteiger partial charge in [-0.15, -0.1) is 32.3 Å². The third kappa shape index (κ3) is 11.9. The van der Waals surface area contributed by atoms with Gasteiger partial charge in [0.05, 0.1) is 16.6 Å². The van der Waals surface area contributed by atoms with Crippen molar-refractivity contribution in [1.29, 1.82) is 0 Å². The van der Waals surface area contributed by atoms with Crippen molar-refractivity contribution in [2.75, 3.05) is 31.9 Å². The first-order valence-corrected chi connectivity index (χ1v) is 20.6. The summed E-state index contributed by atoms with van der Waals surface area (Å²) in [5.74, 6) is 1.02. The third-order valence-electron chi connectivity index (χ3n) is 5.98. The number of amidine groups is 1. The molecule has 0 amide bonds. The van der Waals surface area contributed by atoms with E-state index in [9.17, 15) is 16.8 Å². The number of hydrogen-bond donors (Lipinski definition) is 1. The Labute approximate surface area is 283 Å². The van der Waals surface area contributed by atoms with Crippen molar-refractivity contribution >= 4 is 101 Å². The second-order valence-corrected chi connectivity index (χ2v) is 15.6. The van der Waals surface area contributed by atoms with Crippen molar-refractivity contribution in [3.05, 3.63) is 58.6 Å². The minimum atomic E-state index is -3.84. The second-order valence-electron chi connectivity index (χ2n) is 8.98. The van der Waals surface area contributed by atoms with Gasteiger partial charge in [-0.05, 0) is 55.9 Å². The highest BCUT2D eigenvalue weighted by Crippen LogP contribution is 2.26. The summed E-state index contributed by atoms with van der Waals surface area (Å²) in [5, 5.41) is 10.4. The molecule has 10 nitrogen and oxygen atoms in total. The van der Waals surface area contributed by atoms with Crippen LogP contribution in [0.15, 0.2) is 77.3 Å². The monoisotopic (exact) mass is 738 g/mol. The minimum Gasteiger partial charge on any atom is -0.310 e. The van der Waals surface area contributed by atoms with Crippen LogP contribution in [0.1, 0.15) is 26.7 Å². The number of hydrogen-bond acceptors (Lipinski definition) is 10. The molecular formula is C27H36Cl2N6O4S5. The van der Waals surface area contributed by atoms with Crippen LogP contribution in [-0.4, -0.2) is 75.7 Å². The van der Waals surface area contributed by atoms with E-state index in [2.05, 4.69) is 38.3 Å². The van der Waals surface area contributed by atoms with Gasteiger partial charge >= 0.3 is 0 Å². The molecular weight excluding hydrogens is 704 g/mol. The van der Waals surface area contributed by atoms with Gasteiger partial charge in [0.1, 0.15) is 14.2 Å². The zero-order valence-electron chi connectivity index (χ0n) is 24.9. The number of halogens is 2. The fourth-order valence-electron chi connectivity index (χ4n) is 3.44.